The lowest BCUT2D eigenvalue weighted by molar-refractivity contribution is -0.167. The van der Waals surface area contributed by atoms with E-state index in [2.05, 4.69) is 106 Å². The van der Waals surface area contributed by atoms with E-state index in [4.69, 9.17) is 14.2 Å². The summed E-state index contributed by atoms with van der Waals surface area (Å²) >= 11 is 0. The van der Waals surface area contributed by atoms with Crippen molar-refractivity contribution in [2.75, 3.05) is 13.2 Å². The maximum atomic E-state index is 12.8. The molecule has 0 heterocycles. The van der Waals surface area contributed by atoms with Crippen LogP contribution < -0.4 is 0 Å². The molecule has 0 N–H and O–H groups in total. The molecule has 1 atom stereocenters. The molecule has 0 rings (SSSR count). The number of hydrogen-bond acceptors (Lipinski definition) is 6. The van der Waals surface area contributed by atoms with Crippen molar-refractivity contribution in [1.82, 2.24) is 0 Å². The number of esters is 3. The normalized spacial score (nSPS) is 12.7. The first-order valence-corrected chi connectivity index (χ1v) is 28.1. The minimum Gasteiger partial charge on any atom is -0.462 e. The van der Waals surface area contributed by atoms with Crippen molar-refractivity contribution in [2.45, 2.75) is 271 Å². The van der Waals surface area contributed by atoms with E-state index in [1.807, 2.05) is 0 Å². The summed E-state index contributed by atoms with van der Waals surface area (Å²) in [5.41, 5.74) is 0. The van der Waals surface area contributed by atoms with Gasteiger partial charge in [0.1, 0.15) is 13.2 Å². The molecule has 384 valence electrons. The molecule has 0 aromatic rings. The molecule has 6 nitrogen and oxygen atoms in total. The average Bonchev–Trinajstić information content (AvgIpc) is 3.33. The van der Waals surface area contributed by atoms with Crippen molar-refractivity contribution in [3.8, 4) is 0 Å². The van der Waals surface area contributed by atoms with Crippen LogP contribution in [0, 0.1) is 0 Å². The van der Waals surface area contributed by atoms with E-state index in [1.165, 1.54) is 109 Å². The first kappa shape index (κ1) is 63.6. The monoisotopic (exact) mass is 933 g/mol. The van der Waals surface area contributed by atoms with Crippen LogP contribution in [-0.4, -0.2) is 37.2 Å². The second-order valence-electron chi connectivity index (χ2n) is 18.5. The zero-order valence-electron chi connectivity index (χ0n) is 43.9. The van der Waals surface area contributed by atoms with Gasteiger partial charge in [0, 0.05) is 19.3 Å². The summed E-state index contributed by atoms with van der Waals surface area (Å²) in [6.07, 6.45) is 71.3. The van der Waals surface area contributed by atoms with Gasteiger partial charge in [-0.3, -0.25) is 14.4 Å². The first-order valence-electron chi connectivity index (χ1n) is 28.1. The van der Waals surface area contributed by atoms with Gasteiger partial charge in [0.2, 0.25) is 0 Å². The summed E-state index contributed by atoms with van der Waals surface area (Å²) in [6.45, 7) is 6.47. The number of carbonyl (C=O) groups is 3. The summed E-state index contributed by atoms with van der Waals surface area (Å²) in [4.78, 5) is 38.1. The minimum absolute atomic E-state index is 0.0921. The molecule has 0 bridgehead atoms. The highest BCUT2D eigenvalue weighted by Gasteiger charge is 2.19. The Labute approximate surface area is 414 Å². The third kappa shape index (κ3) is 53.4. The predicted molar refractivity (Wildman–Crippen MR) is 288 cm³/mol. The molecular formula is C61H104O6. The third-order valence-electron chi connectivity index (χ3n) is 11.9. The number of ether oxygens (including phenoxy) is 3. The molecule has 0 aromatic carbocycles. The topological polar surface area (TPSA) is 78.9 Å². The lowest BCUT2D eigenvalue weighted by Crippen LogP contribution is -2.30. The minimum atomic E-state index is -0.795. The zero-order valence-corrected chi connectivity index (χ0v) is 43.9. The van der Waals surface area contributed by atoms with Crippen molar-refractivity contribution in [3.63, 3.8) is 0 Å². The van der Waals surface area contributed by atoms with E-state index in [9.17, 15) is 14.4 Å². The summed E-state index contributed by atoms with van der Waals surface area (Å²) < 4.78 is 16.8. The highest BCUT2D eigenvalue weighted by atomic mass is 16.6. The molecule has 67 heavy (non-hydrogen) atoms. The van der Waals surface area contributed by atoms with Gasteiger partial charge in [-0.1, -0.05) is 215 Å². The Bertz CT molecular complexity index is 1300. The molecule has 0 aliphatic carbocycles. The summed E-state index contributed by atoms with van der Waals surface area (Å²) in [6, 6.07) is 0. The van der Waals surface area contributed by atoms with E-state index in [0.717, 1.165) is 116 Å². The number of allylic oxidation sites excluding steroid dienone is 14. The van der Waals surface area contributed by atoms with Crippen LogP contribution >= 0.6 is 0 Å². The van der Waals surface area contributed by atoms with Gasteiger partial charge in [-0.2, -0.15) is 0 Å². The lowest BCUT2D eigenvalue weighted by Gasteiger charge is -2.18. The fraction of sp³-hybridized carbons (Fsp3) is 0.721. The van der Waals surface area contributed by atoms with Crippen molar-refractivity contribution < 1.29 is 28.6 Å². The standard InChI is InChI=1S/C61H104O6/c1-4-7-10-13-16-19-22-25-28-30-33-36-39-42-45-48-51-54-60(63)66-57-58(56-65-59(62)53-50-47-44-41-38-35-32-27-24-21-18-15-12-9-6-3)67-61(64)55-52-49-46-43-40-37-34-31-29-26-23-20-17-14-11-8-5-2/h7,10,16-17,19-20,25-29,32-33,36,58H,4-6,8-9,11-15,18,21-24,30-31,34-35,37-57H2,1-3H3/b10-7-,19-16-,20-17-,28-25-,29-26-,32-27-,36-33-/t58-/m0/s1. The molecule has 0 saturated carbocycles. The molecule has 6 heteroatoms. The Morgan fingerprint density at radius 1 is 0.313 bits per heavy atom. The molecule has 0 aliphatic rings. The van der Waals surface area contributed by atoms with Crippen LogP contribution in [0.4, 0.5) is 0 Å². The van der Waals surface area contributed by atoms with Crippen LogP contribution in [0.2, 0.25) is 0 Å². The van der Waals surface area contributed by atoms with E-state index >= 15 is 0 Å². The van der Waals surface area contributed by atoms with Gasteiger partial charge in [-0.05, 0) is 116 Å². The second kappa shape index (κ2) is 55.2. The van der Waals surface area contributed by atoms with Crippen molar-refractivity contribution in [3.05, 3.63) is 85.1 Å². The van der Waals surface area contributed by atoms with E-state index in [1.54, 1.807) is 0 Å². The van der Waals surface area contributed by atoms with Crippen LogP contribution in [0.25, 0.3) is 0 Å². The van der Waals surface area contributed by atoms with Crippen LogP contribution in [-0.2, 0) is 28.6 Å². The van der Waals surface area contributed by atoms with Crippen molar-refractivity contribution in [2.24, 2.45) is 0 Å². The van der Waals surface area contributed by atoms with E-state index in [-0.39, 0.29) is 31.1 Å². The molecule has 0 amide bonds. The third-order valence-corrected chi connectivity index (χ3v) is 11.9. The molecular weight excluding hydrogens is 829 g/mol. The van der Waals surface area contributed by atoms with E-state index in [0.29, 0.717) is 19.3 Å². The van der Waals surface area contributed by atoms with Gasteiger partial charge >= 0.3 is 17.9 Å². The Balaban J connectivity index is 4.46. The van der Waals surface area contributed by atoms with Gasteiger partial charge < -0.3 is 14.2 Å². The Hall–Kier alpha value is -3.41. The molecule has 0 spiro atoms. The van der Waals surface area contributed by atoms with Gasteiger partial charge in [0.15, 0.2) is 6.10 Å². The second-order valence-corrected chi connectivity index (χ2v) is 18.5. The Kier molecular flexibility index (Phi) is 52.4. The van der Waals surface area contributed by atoms with Crippen molar-refractivity contribution >= 4 is 17.9 Å². The Morgan fingerprint density at radius 3 is 0.955 bits per heavy atom. The molecule has 0 fully saturated rings. The number of hydrogen-bond donors (Lipinski definition) is 0. The maximum absolute atomic E-state index is 12.8. The Morgan fingerprint density at radius 2 is 0.582 bits per heavy atom. The molecule has 0 aliphatic heterocycles. The number of rotatable bonds is 50. The molecule has 0 unspecified atom stereocenters. The van der Waals surface area contributed by atoms with Gasteiger partial charge in [-0.25, -0.2) is 0 Å². The van der Waals surface area contributed by atoms with E-state index < -0.39 is 6.10 Å². The molecule has 0 radical (unpaired) electrons. The highest BCUT2D eigenvalue weighted by molar-refractivity contribution is 5.71. The van der Waals surface area contributed by atoms with Gasteiger partial charge in [-0.15, -0.1) is 0 Å². The quantitative estimate of drug-likeness (QED) is 0.0262. The van der Waals surface area contributed by atoms with Crippen LogP contribution in [0.5, 0.6) is 0 Å². The lowest BCUT2D eigenvalue weighted by atomic mass is 10.1. The zero-order chi connectivity index (χ0) is 48.6. The summed E-state index contributed by atoms with van der Waals surface area (Å²) in [7, 11) is 0. The van der Waals surface area contributed by atoms with Crippen molar-refractivity contribution in [1.29, 1.82) is 0 Å². The first-order chi connectivity index (χ1) is 33.0. The summed E-state index contributed by atoms with van der Waals surface area (Å²) in [5, 5.41) is 0. The fourth-order valence-electron chi connectivity index (χ4n) is 7.63. The SMILES string of the molecule is CC/C=C\C/C=C\C/C=C\C/C=C\CCCCCCC(=O)OC[C@H](COC(=O)CCCCCCC/C=C\CCCCCCCC)OC(=O)CCCCCCCCC/C=C\C/C=C\CCCCC. The van der Waals surface area contributed by atoms with Crippen LogP contribution in [0.15, 0.2) is 85.1 Å². The van der Waals surface area contributed by atoms with Gasteiger partial charge in [0.25, 0.3) is 0 Å². The van der Waals surface area contributed by atoms with Crippen LogP contribution in [0.1, 0.15) is 265 Å². The maximum Gasteiger partial charge on any atom is 0.306 e. The highest BCUT2D eigenvalue weighted by Crippen LogP contribution is 2.14. The summed E-state index contributed by atoms with van der Waals surface area (Å²) in [5.74, 6) is -0.928. The molecule has 0 aromatic heterocycles. The smallest absolute Gasteiger partial charge is 0.306 e. The predicted octanol–water partition coefficient (Wildman–Crippen LogP) is 18.8. The van der Waals surface area contributed by atoms with Gasteiger partial charge in [0.05, 0.1) is 0 Å². The number of carbonyl (C=O) groups excluding carboxylic acids is 3. The fourth-order valence-corrected chi connectivity index (χ4v) is 7.63. The molecule has 0 saturated heterocycles. The number of unbranched alkanes of at least 4 members (excludes halogenated alkanes) is 25. The largest absolute Gasteiger partial charge is 0.462 e. The van der Waals surface area contributed by atoms with Crippen LogP contribution in [0.3, 0.4) is 0 Å². The average molecular weight is 933 g/mol.